The van der Waals surface area contributed by atoms with E-state index in [1.165, 1.54) is 12.1 Å². The topological polar surface area (TPSA) is 35.2 Å². The Kier molecular flexibility index (Phi) is 4.63. The number of benzene rings is 2. The number of nitrogens with two attached hydrogens (primary N) is 1. The number of rotatable bonds is 4. The van der Waals surface area contributed by atoms with Crippen LogP contribution < -0.4 is 10.5 Å². The Labute approximate surface area is 123 Å². The van der Waals surface area contributed by atoms with Gasteiger partial charge in [0.15, 0.2) is 0 Å². The quantitative estimate of drug-likeness (QED) is 0.923. The van der Waals surface area contributed by atoms with Gasteiger partial charge < -0.3 is 10.5 Å². The molecule has 1 unspecified atom stereocenters. The third-order valence-corrected chi connectivity index (χ3v) is 3.47. The first-order chi connectivity index (χ1) is 9.51. The van der Waals surface area contributed by atoms with Crippen molar-refractivity contribution in [3.63, 3.8) is 0 Å². The molecule has 2 aromatic carbocycles. The third-order valence-electron chi connectivity index (χ3n) is 3.23. The molecule has 0 saturated carbocycles. The molecule has 106 valence electrons. The van der Waals surface area contributed by atoms with Crippen molar-refractivity contribution in [2.24, 2.45) is 5.73 Å². The predicted octanol–water partition coefficient (Wildman–Crippen LogP) is 4.04. The zero-order valence-corrected chi connectivity index (χ0v) is 12.2. The molecule has 20 heavy (non-hydrogen) atoms. The average Bonchev–Trinajstić information content (AvgIpc) is 2.41. The smallest absolute Gasteiger partial charge is 0.128 e. The fraction of sp³-hybridized carbons (Fsp3) is 0.250. The fourth-order valence-electron chi connectivity index (χ4n) is 2.21. The van der Waals surface area contributed by atoms with Crippen molar-refractivity contribution in [1.82, 2.24) is 0 Å². The van der Waals surface area contributed by atoms with Gasteiger partial charge in [-0.15, -0.1) is 0 Å². The van der Waals surface area contributed by atoms with Crippen molar-refractivity contribution in [1.29, 1.82) is 0 Å². The summed E-state index contributed by atoms with van der Waals surface area (Å²) in [5.74, 6) is 0.419. The Bertz CT molecular complexity index is 615. The summed E-state index contributed by atoms with van der Waals surface area (Å²) in [5.41, 5.74) is 8.60. The molecule has 0 spiro atoms. The second-order valence-corrected chi connectivity index (χ2v) is 5.23. The van der Waals surface area contributed by atoms with E-state index >= 15 is 0 Å². The minimum absolute atomic E-state index is 0.339. The van der Waals surface area contributed by atoms with Crippen LogP contribution in [0.25, 0.3) is 0 Å². The summed E-state index contributed by atoms with van der Waals surface area (Å²) in [5, 5.41) is 0.480. The summed E-state index contributed by atoms with van der Waals surface area (Å²) >= 11 is 5.90. The van der Waals surface area contributed by atoms with Gasteiger partial charge in [0.2, 0.25) is 0 Å². The second kappa shape index (κ2) is 6.25. The van der Waals surface area contributed by atoms with Gasteiger partial charge in [-0.2, -0.15) is 0 Å². The lowest BCUT2D eigenvalue weighted by molar-refractivity contribution is 0.407. The lowest BCUT2D eigenvalue weighted by Crippen LogP contribution is -2.15. The van der Waals surface area contributed by atoms with Gasteiger partial charge in [-0.05, 0) is 43.2 Å². The highest BCUT2D eigenvalue weighted by Gasteiger charge is 2.15. The van der Waals surface area contributed by atoms with E-state index in [1.807, 2.05) is 25.1 Å². The Balaban J connectivity index is 2.29. The van der Waals surface area contributed by atoms with Crippen molar-refractivity contribution < 1.29 is 9.13 Å². The molecule has 0 radical (unpaired) electrons. The number of aryl methyl sites for hydroxylation is 1. The Hall–Kier alpha value is -1.58. The highest BCUT2D eigenvalue weighted by Crippen LogP contribution is 2.27. The predicted molar refractivity (Wildman–Crippen MR) is 79.8 cm³/mol. The zero-order chi connectivity index (χ0) is 14.7. The molecule has 2 rings (SSSR count). The van der Waals surface area contributed by atoms with E-state index in [2.05, 4.69) is 0 Å². The van der Waals surface area contributed by atoms with Gasteiger partial charge >= 0.3 is 0 Å². The normalized spacial score (nSPS) is 12.2. The van der Waals surface area contributed by atoms with E-state index in [1.54, 1.807) is 13.2 Å². The molecule has 0 amide bonds. The van der Waals surface area contributed by atoms with Gasteiger partial charge in [-0.1, -0.05) is 29.3 Å². The molecule has 2 N–H and O–H groups in total. The van der Waals surface area contributed by atoms with E-state index in [0.717, 1.165) is 16.9 Å². The maximum Gasteiger partial charge on any atom is 0.128 e. The van der Waals surface area contributed by atoms with Crippen LogP contribution in [0.5, 0.6) is 5.75 Å². The van der Waals surface area contributed by atoms with Gasteiger partial charge in [-0.3, -0.25) is 0 Å². The molecule has 0 aliphatic rings. The third kappa shape index (κ3) is 3.30. The maximum absolute atomic E-state index is 13.8. The summed E-state index contributed by atoms with van der Waals surface area (Å²) in [7, 11) is 1.61. The molecule has 4 heteroatoms. The fourth-order valence-corrected chi connectivity index (χ4v) is 2.39. The molecule has 0 bridgehead atoms. The number of halogens is 2. The van der Waals surface area contributed by atoms with Crippen LogP contribution in [-0.2, 0) is 6.42 Å². The van der Waals surface area contributed by atoms with Crippen LogP contribution in [0.4, 0.5) is 4.39 Å². The Morgan fingerprint density at radius 3 is 2.70 bits per heavy atom. The van der Waals surface area contributed by atoms with Gasteiger partial charge in [0.25, 0.3) is 0 Å². The van der Waals surface area contributed by atoms with Crippen LogP contribution in [0.2, 0.25) is 5.02 Å². The van der Waals surface area contributed by atoms with Crippen molar-refractivity contribution in [2.45, 2.75) is 19.4 Å². The van der Waals surface area contributed by atoms with Gasteiger partial charge in [0.05, 0.1) is 7.11 Å². The molecule has 0 aliphatic carbocycles. The van der Waals surface area contributed by atoms with Crippen molar-refractivity contribution in [2.75, 3.05) is 7.11 Å². The number of ether oxygens (including phenoxy) is 1. The molecule has 0 saturated heterocycles. The van der Waals surface area contributed by atoms with Crippen molar-refractivity contribution in [3.8, 4) is 5.75 Å². The summed E-state index contributed by atoms with van der Waals surface area (Å²) < 4.78 is 19.1. The molecule has 2 nitrogen and oxygen atoms in total. The van der Waals surface area contributed by atoms with Crippen LogP contribution in [0.15, 0.2) is 36.4 Å². The molecule has 0 heterocycles. The molecule has 2 aromatic rings. The standard InChI is InChI=1S/C16H17ClFNO/c1-10-3-6-16(20-2)11(7-10)8-15(19)13-9-12(17)4-5-14(13)18/h3-7,9,15H,8,19H2,1-2H3. The lowest BCUT2D eigenvalue weighted by Gasteiger charge is -2.16. The summed E-state index contributed by atoms with van der Waals surface area (Å²) in [6.07, 6.45) is 0.488. The van der Waals surface area contributed by atoms with Crippen LogP contribution in [0.3, 0.4) is 0 Å². The minimum atomic E-state index is -0.468. The van der Waals surface area contributed by atoms with E-state index in [-0.39, 0.29) is 5.82 Å². The molecule has 0 aliphatic heterocycles. The molecular formula is C16H17ClFNO. The van der Waals surface area contributed by atoms with Crippen LogP contribution >= 0.6 is 11.6 Å². The molecular weight excluding hydrogens is 277 g/mol. The number of hydrogen-bond acceptors (Lipinski definition) is 2. The highest BCUT2D eigenvalue weighted by atomic mass is 35.5. The Morgan fingerprint density at radius 2 is 2.00 bits per heavy atom. The summed E-state index contributed by atoms with van der Waals surface area (Å²) in [6.45, 7) is 1.99. The minimum Gasteiger partial charge on any atom is -0.496 e. The lowest BCUT2D eigenvalue weighted by atomic mass is 9.97. The molecule has 0 fully saturated rings. The number of methoxy groups -OCH3 is 1. The summed E-state index contributed by atoms with van der Waals surface area (Å²) in [4.78, 5) is 0. The second-order valence-electron chi connectivity index (χ2n) is 4.79. The van der Waals surface area contributed by atoms with E-state index in [4.69, 9.17) is 22.1 Å². The van der Waals surface area contributed by atoms with Crippen molar-refractivity contribution in [3.05, 3.63) is 63.9 Å². The van der Waals surface area contributed by atoms with E-state index in [9.17, 15) is 4.39 Å². The van der Waals surface area contributed by atoms with Crippen LogP contribution in [0.1, 0.15) is 22.7 Å². The first kappa shape index (κ1) is 14.8. The Morgan fingerprint density at radius 1 is 1.25 bits per heavy atom. The SMILES string of the molecule is COc1ccc(C)cc1CC(N)c1cc(Cl)ccc1F. The zero-order valence-electron chi connectivity index (χ0n) is 11.5. The average molecular weight is 294 g/mol. The maximum atomic E-state index is 13.8. The first-order valence-corrected chi connectivity index (χ1v) is 6.73. The van der Waals surface area contributed by atoms with Crippen LogP contribution in [0, 0.1) is 12.7 Å². The van der Waals surface area contributed by atoms with Gasteiger partial charge in [-0.25, -0.2) is 4.39 Å². The largest absolute Gasteiger partial charge is 0.496 e. The van der Waals surface area contributed by atoms with E-state index < -0.39 is 6.04 Å². The van der Waals surface area contributed by atoms with Crippen molar-refractivity contribution >= 4 is 11.6 Å². The van der Waals surface area contributed by atoms with Gasteiger partial charge in [0.1, 0.15) is 11.6 Å². The summed E-state index contributed by atoms with van der Waals surface area (Å²) in [6, 6.07) is 9.82. The highest BCUT2D eigenvalue weighted by molar-refractivity contribution is 6.30. The van der Waals surface area contributed by atoms with Gasteiger partial charge in [0, 0.05) is 16.6 Å². The first-order valence-electron chi connectivity index (χ1n) is 6.35. The monoisotopic (exact) mass is 293 g/mol. The molecule has 0 aromatic heterocycles. The number of hydrogen-bond donors (Lipinski definition) is 1. The van der Waals surface area contributed by atoms with Crippen LogP contribution in [-0.4, -0.2) is 7.11 Å². The van der Waals surface area contributed by atoms with E-state index in [0.29, 0.717) is 17.0 Å². The molecule has 1 atom stereocenters.